The largest absolute Gasteiger partial charge is 0.320 e. The van der Waals surface area contributed by atoms with Gasteiger partial charge in [0.2, 0.25) is 0 Å². The number of halogens is 3. The van der Waals surface area contributed by atoms with Gasteiger partial charge < -0.3 is 5.32 Å². The lowest BCUT2D eigenvalue weighted by Crippen LogP contribution is -2.14. The number of benzene rings is 2. The highest BCUT2D eigenvalue weighted by Gasteiger charge is 2.24. The molecule has 0 spiro atoms. The van der Waals surface area contributed by atoms with Crippen LogP contribution in [-0.4, -0.2) is 10.8 Å². The number of hydrogen-bond donors (Lipinski definition) is 1. The van der Waals surface area contributed by atoms with Crippen LogP contribution >= 0.6 is 39.1 Å². The smallest absolute Gasteiger partial charge is 0.300 e. The summed E-state index contributed by atoms with van der Waals surface area (Å²) in [6, 6.07) is 9.03. The minimum Gasteiger partial charge on any atom is -0.320 e. The van der Waals surface area contributed by atoms with E-state index < -0.39 is 16.5 Å². The van der Waals surface area contributed by atoms with Crippen molar-refractivity contribution in [2.24, 2.45) is 0 Å². The number of carbonyl (C=O) groups is 1. The van der Waals surface area contributed by atoms with Crippen molar-refractivity contribution in [1.82, 2.24) is 0 Å². The van der Waals surface area contributed by atoms with Crippen molar-refractivity contribution in [3.8, 4) is 0 Å². The number of nitrogens with zero attached hydrogens (tertiary/aromatic N) is 1. The zero-order chi connectivity index (χ0) is 15.6. The van der Waals surface area contributed by atoms with Crippen LogP contribution in [-0.2, 0) is 0 Å². The van der Waals surface area contributed by atoms with E-state index in [-0.39, 0.29) is 10.6 Å². The average Bonchev–Trinajstić information content (AvgIpc) is 2.42. The van der Waals surface area contributed by atoms with Gasteiger partial charge in [0, 0.05) is 4.47 Å². The van der Waals surface area contributed by atoms with Gasteiger partial charge in [-0.1, -0.05) is 45.2 Å². The van der Waals surface area contributed by atoms with Crippen molar-refractivity contribution in [2.75, 3.05) is 5.32 Å². The summed E-state index contributed by atoms with van der Waals surface area (Å²) in [7, 11) is 0. The summed E-state index contributed by atoms with van der Waals surface area (Å²) in [6.45, 7) is 0. The van der Waals surface area contributed by atoms with Crippen molar-refractivity contribution in [2.45, 2.75) is 0 Å². The predicted octanol–water partition coefficient (Wildman–Crippen LogP) is 4.92. The Morgan fingerprint density at radius 3 is 2.57 bits per heavy atom. The summed E-state index contributed by atoms with van der Waals surface area (Å²) in [5, 5.41) is 13.8. The van der Waals surface area contributed by atoms with E-state index in [1.54, 1.807) is 18.2 Å². The molecule has 0 radical (unpaired) electrons. The molecule has 1 N–H and O–H groups in total. The monoisotopic (exact) mass is 388 g/mol. The third-order valence-corrected chi connectivity index (χ3v) is 3.72. The van der Waals surface area contributed by atoms with Crippen LogP contribution in [0.25, 0.3) is 0 Å². The number of nitro benzene ring substituents is 1. The molecule has 108 valence electrons. The molecule has 1 amide bonds. The maximum Gasteiger partial charge on any atom is 0.300 e. The minimum absolute atomic E-state index is 0.104. The molecule has 0 aromatic heterocycles. The Morgan fingerprint density at radius 2 is 1.90 bits per heavy atom. The molecule has 2 aromatic carbocycles. The zero-order valence-corrected chi connectivity index (χ0v) is 13.4. The maximum atomic E-state index is 12.2. The topological polar surface area (TPSA) is 72.2 Å². The molecular weight excluding hydrogens is 383 g/mol. The molecule has 2 aromatic rings. The Balaban J connectivity index is 2.40. The summed E-state index contributed by atoms with van der Waals surface area (Å²) in [4.78, 5) is 22.5. The second-order valence-corrected chi connectivity index (χ2v) is 5.70. The molecule has 0 fully saturated rings. The Bertz CT molecular complexity index is 737. The normalized spacial score (nSPS) is 10.2. The van der Waals surface area contributed by atoms with Gasteiger partial charge in [-0.15, -0.1) is 0 Å². The average molecular weight is 390 g/mol. The van der Waals surface area contributed by atoms with Gasteiger partial charge >= 0.3 is 5.69 Å². The van der Waals surface area contributed by atoms with Gasteiger partial charge in [0.1, 0.15) is 10.6 Å². The van der Waals surface area contributed by atoms with Crippen LogP contribution in [0.4, 0.5) is 11.4 Å². The van der Waals surface area contributed by atoms with E-state index in [2.05, 4.69) is 21.2 Å². The highest BCUT2D eigenvalue weighted by atomic mass is 79.9. The van der Waals surface area contributed by atoms with Gasteiger partial charge in [-0.05, 0) is 30.3 Å². The van der Waals surface area contributed by atoms with Gasteiger partial charge in [-0.2, -0.15) is 0 Å². The molecule has 0 atom stereocenters. The highest BCUT2D eigenvalue weighted by Crippen LogP contribution is 2.30. The van der Waals surface area contributed by atoms with Crippen molar-refractivity contribution < 1.29 is 9.72 Å². The fourth-order valence-electron chi connectivity index (χ4n) is 1.67. The van der Waals surface area contributed by atoms with Crippen molar-refractivity contribution in [3.63, 3.8) is 0 Å². The third kappa shape index (κ3) is 3.53. The van der Waals surface area contributed by atoms with Crippen LogP contribution in [0, 0.1) is 10.1 Å². The summed E-state index contributed by atoms with van der Waals surface area (Å²) < 4.78 is 0.711. The molecule has 8 heteroatoms. The van der Waals surface area contributed by atoms with Crippen LogP contribution in [0.5, 0.6) is 0 Å². The molecule has 0 saturated carbocycles. The van der Waals surface area contributed by atoms with Gasteiger partial charge in [0.15, 0.2) is 0 Å². The molecule has 0 heterocycles. The molecule has 0 unspecified atom stereocenters. The van der Waals surface area contributed by atoms with Gasteiger partial charge in [0.25, 0.3) is 5.91 Å². The predicted molar refractivity (Wildman–Crippen MR) is 85.2 cm³/mol. The number of anilines is 1. The first kappa shape index (κ1) is 15.8. The van der Waals surface area contributed by atoms with Crippen LogP contribution in [0.3, 0.4) is 0 Å². The van der Waals surface area contributed by atoms with Gasteiger partial charge in [-0.25, -0.2) is 0 Å². The lowest BCUT2D eigenvalue weighted by Gasteiger charge is -2.08. The third-order valence-electron chi connectivity index (χ3n) is 2.59. The summed E-state index contributed by atoms with van der Waals surface area (Å²) >= 11 is 15.0. The van der Waals surface area contributed by atoms with Gasteiger partial charge in [-0.3, -0.25) is 14.9 Å². The highest BCUT2D eigenvalue weighted by molar-refractivity contribution is 9.10. The van der Waals surface area contributed by atoms with Crippen LogP contribution in [0.15, 0.2) is 40.9 Å². The maximum absolute atomic E-state index is 12.2. The first-order valence-electron chi connectivity index (χ1n) is 5.59. The molecular formula is C13H7BrCl2N2O3. The first-order chi connectivity index (χ1) is 9.90. The number of carbonyl (C=O) groups excluding carboxylic acids is 1. The fraction of sp³-hybridized carbons (Fsp3) is 0. The number of para-hydroxylation sites is 1. The molecule has 5 nitrogen and oxygen atoms in total. The van der Waals surface area contributed by atoms with Crippen molar-refractivity contribution in [3.05, 3.63) is 66.6 Å². The summed E-state index contributed by atoms with van der Waals surface area (Å²) in [6.07, 6.45) is 0. The fourth-order valence-corrected chi connectivity index (χ4v) is 2.44. The second-order valence-electron chi connectivity index (χ2n) is 3.97. The Hall–Kier alpha value is -1.63. The number of rotatable bonds is 3. The number of hydrogen-bond acceptors (Lipinski definition) is 3. The summed E-state index contributed by atoms with van der Waals surface area (Å²) in [5.74, 6) is -0.663. The molecule has 0 saturated heterocycles. The number of nitro groups is 1. The SMILES string of the molecule is O=C(Nc1cc(Br)ccc1Cl)c1cccc(Cl)c1[N+](=O)[O-]. The van der Waals surface area contributed by atoms with Crippen molar-refractivity contribution >= 4 is 56.4 Å². The minimum atomic E-state index is -0.695. The van der Waals surface area contributed by atoms with E-state index in [4.69, 9.17) is 23.2 Å². The molecule has 21 heavy (non-hydrogen) atoms. The standard InChI is InChI=1S/C13H7BrCl2N2O3/c14-7-4-5-9(15)11(6-7)17-13(19)8-2-1-3-10(16)12(8)18(20)21/h1-6H,(H,17,19). The Kier molecular flexibility index (Phi) is 4.82. The zero-order valence-electron chi connectivity index (χ0n) is 10.3. The molecule has 0 bridgehead atoms. The Labute approximate surface area is 138 Å². The lowest BCUT2D eigenvalue weighted by molar-refractivity contribution is -0.385. The van der Waals surface area contributed by atoms with E-state index in [1.165, 1.54) is 18.2 Å². The van der Waals surface area contributed by atoms with Crippen LogP contribution in [0.2, 0.25) is 10.0 Å². The van der Waals surface area contributed by atoms with Crippen LogP contribution < -0.4 is 5.32 Å². The lowest BCUT2D eigenvalue weighted by atomic mass is 10.1. The molecule has 0 aliphatic carbocycles. The van der Waals surface area contributed by atoms with E-state index in [0.29, 0.717) is 15.2 Å². The number of nitrogens with one attached hydrogen (secondary N) is 1. The van der Waals surface area contributed by atoms with Gasteiger partial charge in [0.05, 0.1) is 15.6 Å². The molecule has 0 aliphatic heterocycles. The second kappa shape index (κ2) is 6.43. The van der Waals surface area contributed by atoms with E-state index in [1.807, 2.05) is 0 Å². The molecule has 2 rings (SSSR count). The van der Waals surface area contributed by atoms with E-state index >= 15 is 0 Å². The summed E-state index contributed by atoms with van der Waals surface area (Å²) in [5.41, 5.74) is -0.239. The quantitative estimate of drug-likeness (QED) is 0.598. The first-order valence-corrected chi connectivity index (χ1v) is 7.14. The number of amides is 1. The van der Waals surface area contributed by atoms with E-state index in [9.17, 15) is 14.9 Å². The van der Waals surface area contributed by atoms with Crippen LogP contribution in [0.1, 0.15) is 10.4 Å². The Morgan fingerprint density at radius 1 is 1.19 bits per heavy atom. The van der Waals surface area contributed by atoms with E-state index in [0.717, 1.165) is 0 Å². The van der Waals surface area contributed by atoms with Crippen molar-refractivity contribution in [1.29, 1.82) is 0 Å². The molecule has 0 aliphatic rings.